The predicted molar refractivity (Wildman–Crippen MR) is 66.8 cm³/mol. The van der Waals surface area contributed by atoms with E-state index in [0.717, 1.165) is 15.3 Å². The first-order valence-corrected chi connectivity index (χ1v) is 6.24. The summed E-state index contributed by atoms with van der Waals surface area (Å²) in [5, 5.41) is 2.11. The smallest absolute Gasteiger partial charge is 0.0849 e. The number of benzene rings is 1. The predicted octanol–water partition coefficient (Wildman–Crippen LogP) is 4.20. The zero-order chi connectivity index (χ0) is 10.1. The average molecular weight is 315 g/mol. The Morgan fingerprint density at radius 3 is 2.79 bits per heavy atom. The molecular formula is C11H9Br2N. The van der Waals surface area contributed by atoms with Crippen LogP contribution in [0.4, 0.5) is 0 Å². The molecule has 0 bridgehead atoms. The van der Waals surface area contributed by atoms with Gasteiger partial charge in [0, 0.05) is 21.4 Å². The lowest BCUT2D eigenvalue weighted by Crippen LogP contribution is -1.89. The second kappa shape index (κ2) is 3.99. The van der Waals surface area contributed by atoms with E-state index in [9.17, 15) is 0 Å². The largest absolute Gasteiger partial charge is 0.255 e. The second-order valence-electron chi connectivity index (χ2n) is 3.19. The molecule has 0 radical (unpaired) electrons. The Balaban J connectivity index is 2.92. The quantitative estimate of drug-likeness (QED) is 0.719. The lowest BCUT2D eigenvalue weighted by Gasteiger charge is -2.07. The molecular weight excluding hydrogens is 306 g/mol. The lowest BCUT2D eigenvalue weighted by atomic mass is 10.1. The van der Waals surface area contributed by atoms with Crippen molar-refractivity contribution in [3.05, 3.63) is 40.0 Å². The highest BCUT2D eigenvalue weighted by Crippen LogP contribution is 2.28. The molecule has 0 aliphatic heterocycles. The molecule has 0 N–H and O–H groups in total. The summed E-state index contributed by atoms with van der Waals surface area (Å²) in [7, 11) is 0. The van der Waals surface area contributed by atoms with E-state index in [4.69, 9.17) is 0 Å². The fourth-order valence-electron chi connectivity index (χ4n) is 1.59. The van der Waals surface area contributed by atoms with Crippen molar-refractivity contribution in [3.8, 4) is 0 Å². The van der Waals surface area contributed by atoms with Gasteiger partial charge in [-0.05, 0) is 46.1 Å². The van der Waals surface area contributed by atoms with Gasteiger partial charge >= 0.3 is 0 Å². The second-order valence-corrected chi connectivity index (χ2v) is 4.61. The van der Waals surface area contributed by atoms with Gasteiger partial charge in [-0.1, -0.05) is 22.0 Å². The van der Waals surface area contributed by atoms with Crippen LogP contribution < -0.4 is 0 Å². The topological polar surface area (TPSA) is 12.9 Å². The molecule has 0 saturated carbocycles. The Bertz CT molecular complexity index is 480. The SMILES string of the molecule is Cc1ccnc2c(Br)ccc(CBr)c12. The highest BCUT2D eigenvalue weighted by molar-refractivity contribution is 9.10. The number of fused-ring (bicyclic) bond motifs is 1. The molecule has 1 aromatic heterocycles. The van der Waals surface area contributed by atoms with Crippen LogP contribution in [-0.4, -0.2) is 4.98 Å². The summed E-state index contributed by atoms with van der Waals surface area (Å²) >= 11 is 7.01. The van der Waals surface area contributed by atoms with Crippen molar-refractivity contribution in [2.24, 2.45) is 0 Å². The molecule has 0 atom stereocenters. The number of rotatable bonds is 1. The number of nitrogens with zero attached hydrogens (tertiary/aromatic N) is 1. The lowest BCUT2D eigenvalue weighted by molar-refractivity contribution is 1.33. The standard InChI is InChI=1S/C11H9Br2N/c1-7-4-5-14-11-9(13)3-2-8(6-12)10(7)11/h2-5H,6H2,1H3. The number of aromatic nitrogens is 1. The summed E-state index contributed by atoms with van der Waals surface area (Å²) in [5.74, 6) is 0. The van der Waals surface area contributed by atoms with Crippen LogP contribution in [0.3, 0.4) is 0 Å². The Labute approximate surface area is 99.8 Å². The van der Waals surface area contributed by atoms with Gasteiger partial charge < -0.3 is 0 Å². The maximum atomic E-state index is 4.38. The molecule has 0 aliphatic rings. The summed E-state index contributed by atoms with van der Waals surface area (Å²) < 4.78 is 1.06. The molecule has 2 aromatic rings. The highest BCUT2D eigenvalue weighted by Gasteiger charge is 2.06. The number of alkyl halides is 1. The number of hydrogen-bond acceptors (Lipinski definition) is 1. The normalized spacial score (nSPS) is 10.8. The highest BCUT2D eigenvalue weighted by atomic mass is 79.9. The van der Waals surface area contributed by atoms with Gasteiger partial charge in [0.2, 0.25) is 0 Å². The maximum Gasteiger partial charge on any atom is 0.0849 e. The van der Waals surface area contributed by atoms with Gasteiger partial charge in [-0.25, -0.2) is 0 Å². The molecule has 1 aromatic carbocycles. The molecule has 0 spiro atoms. The van der Waals surface area contributed by atoms with Crippen LogP contribution in [0.1, 0.15) is 11.1 Å². The van der Waals surface area contributed by atoms with Crippen molar-refractivity contribution < 1.29 is 0 Å². The average Bonchev–Trinajstić information content (AvgIpc) is 2.20. The molecule has 3 heteroatoms. The van der Waals surface area contributed by atoms with Gasteiger partial charge in [-0.2, -0.15) is 0 Å². The minimum Gasteiger partial charge on any atom is -0.255 e. The molecule has 1 nitrogen and oxygen atoms in total. The number of hydrogen-bond donors (Lipinski definition) is 0. The van der Waals surface area contributed by atoms with Crippen LogP contribution in [0.25, 0.3) is 10.9 Å². The van der Waals surface area contributed by atoms with Crippen LogP contribution in [0, 0.1) is 6.92 Å². The molecule has 0 aliphatic carbocycles. The van der Waals surface area contributed by atoms with Gasteiger partial charge in [0.05, 0.1) is 5.52 Å². The summed E-state index contributed by atoms with van der Waals surface area (Å²) in [5.41, 5.74) is 3.60. The first-order valence-electron chi connectivity index (χ1n) is 4.32. The third kappa shape index (κ3) is 1.59. The van der Waals surface area contributed by atoms with E-state index < -0.39 is 0 Å². The Hall–Kier alpha value is -0.410. The number of halogens is 2. The van der Waals surface area contributed by atoms with Crippen LogP contribution >= 0.6 is 31.9 Å². The Morgan fingerprint density at radius 1 is 1.29 bits per heavy atom. The van der Waals surface area contributed by atoms with Crippen molar-refractivity contribution in [2.45, 2.75) is 12.3 Å². The van der Waals surface area contributed by atoms with Crippen molar-refractivity contribution in [2.75, 3.05) is 0 Å². The Morgan fingerprint density at radius 2 is 2.07 bits per heavy atom. The van der Waals surface area contributed by atoms with Crippen molar-refractivity contribution in [3.63, 3.8) is 0 Å². The number of aryl methyl sites for hydroxylation is 1. The molecule has 72 valence electrons. The van der Waals surface area contributed by atoms with Gasteiger partial charge in [0.1, 0.15) is 0 Å². The first kappa shape index (κ1) is 10.1. The minimum atomic E-state index is 0.864. The zero-order valence-electron chi connectivity index (χ0n) is 7.72. The van der Waals surface area contributed by atoms with Gasteiger partial charge in [-0.15, -0.1) is 0 Å². The zero-order valence-corrected chi connectivity index (χ0v) is 10.9. The molecule has 0 amide bonds. The van der Waals surface area contributed by atoms with E-state index >= 15 is 0 Å². The number of pyridine rings is 1. The summed E-state index contributed by atoms with van der Waals surface area (Å²) in [4.78, 5) is 4.38. The van der Waals surface area contributed by atoms with Crippen LogP contribution in [-0.2, 0) is 5.33 Å². The summed E-state index contributed by atoms with van der Waals surface area (Å²) in [6.07, 6.45) is 1.85. The summed E-state index contributed by atoms with van der Waals surface area (Å²) in [6, 6.07) is 6.21. The van der Waals surface area contributed by atoms with E-state index in [0.29, 0.717) is 0 Å². The molecule has 0 unspecified atom stereocenters. The first-order chi connectivity index (χ1) is 6.74. The van der Waals surface area contributed by atoms with Gasteiger partial charge in [0.15, 0.2) is 0 Å². The van der Waals surface area contributed by atoms with E-state index in [2.05, 4.69) is 49.8 Å². The fraction of sp³-hybridized carbons (Fsp3) is 0.182. The third-order valence-electron chi connectivity index (χ3n) is 2.28. The van der Waals surface area contributed by atoms with Crippen molar-refractivity contribution in [1.82, 2.24) is 4.98 Å². The minimum absolute atomic E-state index is 0.864. The van der Waals surface area contributed by atoms with Crippen LogP contribution in [0.15, 0.2) is 28.9 Å². The molecule has 0 saturated heterocycles. The summed E-state index contributed by atoms with van der Waals surface area (Å²) in [6.45, 7) is 2.11. The van der Waals surface area contributed by atoms with E-state index in [-0.39, 0.29) is 0 Å². The monoisotopic (exact) mass is 313 g/mol. The van der Waals surface area contributed by atoms with Crippen molar-refractivity contribution in [1.29, 1.82) is 0 Å². The molecule has 2 rings (SSSR count). The third-order valence-corrected chi connectivity index (χ3v) is 3.53. The van der Waals surface area contributed by atoms with E-state index in [1.807, 2.05) is 18.3 Å². The molecule has 14 heavy (non-hydrogen) atoms. The van der Waals surface area contributed by atoms with Crippen molar-refractivity contribution >= 4 is 42.8 Å². The van der Waals surface area contributed by atoms with Crippen LogP contribution in [0.2, 0.25) is 0 Å². The molecule has 1 heterocycles. The Kier molecular flexibility index (Phi) is 2.88. The fourth-order valence-corrected chi connectivity index (χ4v) is 2.49. The van der Waals surface area contributed by atoms with Gasteiger partial charge in [0.25, 0.3) is 0 Å². The van der Waals surface area contributed by atoms with Gasteiger partial charge in [-0.3, -0.25) is 4.98 Å². The maximum absolute atomic E-state index is 4.38. The van der Waals surface area contributed by atoms with E-state index in [1.165, 1.54) is 16.5 Å². The van der Waals surface area contributed by atoms with Crippen LogP contribution in [0.5, 0.6) is 0 Å². The van der Waals surface area contributed by atoms with E-state index in [1.54, 1.807) is 0 Å². The molecule has 0 fully saturated rings.